The van der Waals surface area contributed by atoms with Crippen LogP contribution in [-0.4, -0.2) is 117 Å². The first kappa shape index (κ1) is 42.3. The van der Waals surface area contributed by atoms with Gasteiger partial charge < -0.3 is 49.4 Å². The second-order valence-electron chi connectivity index (χ2n) is 17.2. The van der Waals surface area contributed by atoms with Crippen molar-refractivity contribution < 1.29 is 68.1 Å². The fourth-order valence-electron chi connectivity index (χ4n) is 9.25. The zero-order valence-electron chi connectivity index (χ0n) is 32.9. The Labute approximate surface area is 320 Å². The lowest BCUT2D eigenvalue weighted by atomic mass is 9.44. The van der Waals surface area contributed by atoms with E-state index >= 15 is 0 Å². The summed E-state index contributed by atoms with van der Waals surface area (Å²) >= 11 is 0. The van der Waals surface area contributed by atoms with Crippen molar-refractivity contribution in [2.75, 3.05) is 13.2 Å². The Hall–Kier alpha value is -3.89. The monoisotopic (exact) mass is 773 g/mol. The Morgan fingerprint density at radius 1 is 1.05 bits per heavy atom. The third kappa shape index (κ3) is 6.96. The third-order valence-electron chi connectivity index (χ3n) is 12.4. The third-order valence-corrected chi connectivity index (χ3v) is 12.4. The van der Waals surface area contributed by atoms with Crippen molar-refractivity contribution in [2.24, 2.45) is 22.2 Å². The number of carbonyl (C=O) groups is 5. The Balaban J connectivity index is 1.68. The van der Waals surface area contributed by atoms with Gasteiger partial charge in [-0.15, -0.1) is 0 Å². The van der Waals surface area contributed by atoms with Crippen molar-refractivity contribution in [3.05, 3.63) is 47.0 Å². The lowest BCUT2D eigenvalue weighted by Crippen LogP contribution is -2.81. The van der Waals surface area contributed by atoms with Crippen LogP contribution in [0, 0.1) is 22.2 Å². The summed E-state index contributed by atoms with van der Waals surface area (Å²) in [5.41, 5.74) is -8.33. The quantitative estimate of drug-likeness (QED) is 0.138. The van der Waals surface area contributed by atoms with E-state index in [2.05, 4.69) is 5.32 Å². The number of Topliss-reactive ketones (excluding diaryl/α,β-unsaturated/α-hetero) is 1. The number of benzene rings is 1. The molecule has 0 aromatic heterocycles. The number of aliphatic hydroxyl groups excluding tert-OH is 3. The Bertz CT molecular complexity index is 1720. The van der Waals surface area contributed by atoms with Gasteiger partial charge in [-0.1, -0.05) is 59.7 Å². The second kappa shape index (κ2) is 14.9. The number of ketones is 1. The predicted octanol–water partition coefficient (Wildman–Crippen LogP) is 2.54. The molecule has 2 saturated carbocycles. The van der Waals surface area contributed by atoms with Crippen LogP contribution in [0.1, 0.15) is 91.9 Å². The number of aliphatic hydroxyl groups is 4. The highest BCUT2D eigenvalue weighted by molar-refractivity contribution is 5.94. The number of amides is 1. The molecule has 2 bridgehead atoms. The minimum absolute atomic E-state index is 0.0478. The SMILES string of the molecule is CCCOC(=O)N[C@H]([C@@H](O)C(=O)O[C@H]1C[C@@]2(O)[C@@H](OC(=O)c3ccccc3)[C@H]3[C@](C)(C(=O)[C@H](O)C(=C1C)C2(C)C)[C@@H](O)CC1OC[C@]13OC(C)=O)C(C)(C)C. The van der Waals surface area contributed by atoms with Gasteiger partial charge >= 0.3 is 24.0 Å². The molecule has 304 valence electrons. The van der Waals surface area contributed by atoms with E-state index in [1.54, 1.807) is 59.7 Å². The van der Waals surface area contributed by atoms with Gasteiger partial charge in [-0.3, -0.25) is 9.59 Å². The van der Waals surface area contributed by atoms with Gasteiger partial charge in [0, 0.05) is 25.2 Å². The van der Waals surface area contributed by atoms with Gasteiger partial charge in [0.05, 0.1) is 42.3 Å². The van der Waals surface area contributed by atoms with Crippen LogP contribution >= 0.6 is 0 Å². The van der Waals surface area contributed by atoms with Crippen LogP contribution < -0.4 is 5.32 Å². The second-order valence-corrected chi connectivity index (χ2v) is 17.2. The molecule has 15 heteroatoms. The molecular weight excluding hydrogens is 718 g/mol. The Morgan fingerprint density at radius 2 is 1.69 bits per heavy atom. The number of nitrogens with one attached hydrogen (secondary N) is 1. The maximum atomic E-state index is 14.9. The van der Waals surface area contributed by atoms with E-state index in [0.29, 0.717) is 6.42 Å². The molecule has 3 aliphatic carbocycles. The summed E-state index contributed by atoms with van der Waals surface area (Å²) in [4.78, 5) is 68.1. The highest BCUT2D eigenvalue weighted by Crippen LogP contribution is 2.64. The molecule has 1 aromatic rings. The minimum atomic E-state index is -2.33. The van der Waals surface area contributed by atoms with Crippen molar-refractivity contribution in [2.45, 2.75) is 135 Å². The van der Waals surface area contributed by atoms with E-state index in [4.69, 9.17) is 23.7 Å². The molecule has 5 N–H and O–H groups in total. The molecule has 0 spiro atoms. The first-order valence-corrected chi connectivity index (χ1v) is 18.7. The van der Waals surface area contributed by atoms with E-state index in [9.17, 15) is 44.4 Å². The summed E-state index contributed by atoms with van der Waals surface area (Å²) in [6.07, 6.45) is -10.6. The van der Waals surface area contributed by atoms with Crippen LogP contribution in [0.15, 0.2) is 41.5 Å². The summed E-state index contributed by atoms with van der Waals surface area (Å²) in [7, 11) is 0. The number of carbonyl (C=O) groups excluding carboxylic acids is 5. The molecule has 55 heavy (non-hydrogen) atoms. The number of hydrogen-bond acceptors (Lipinski definition) is 14. The molecular formula is C40H55NO14. The molecule has 1 saturated heterocycles. The molecule has 1 amide bonds. The highest BCUT2D eigenvalue weighted by atomic mass is 16.6. The van der Waals surface area contributed by atoms with Crippen molar-refractivity contribution in [1.82, 2.24) is 5.32 Å². The molecule has 1 unspecified atom stereocenters. The number of alkyl carbamates (subject to hydrolysis) is 1. The largest absolute Gasteiger partial charge is 0.456 e. The molecule has 0 radical (unpaired) electrons. The summed E-state index contributed by atoms with van der Waals surface area (Å²) in [5, 5.41) is 51.2. The van der Waals surface area contributed by atoms with Crippen molar-refractivity contribution in [3.63, 3.8) is 0 Å². The highest BCUT2D eigenvalue weighted by Gasteiger charge is 2.78. The van der Waals surface area contributed by atoms with Crippen molar-refractivity contribution in [1.29, 1.82) is 0 Å². The van der Waals surface area contributed by atoms with E-state index in [0.717, 1.165) is 6.92 Å². The number of ether oxygens (including phenoxy) is 5. The van der Waals surface area contributed by atoms with Crippen molar-refractivity contribution in [3.8, 4) is 0 Å². The van der Waals surface area contributed by atoms with Crippen LogP contribution in [0.5, 0.6) is 0 Å². The normalized spacial score (nSPS) is 35.0. The first-order valence-electron chi connectivity index (χ1n) is 18.7. The zero-order valence-corrected chi connectivity index (χ0v) is 32.9. The van der Waals surface area contributed by atoms with Gasteiger partial charge in [-0.25, -0.2) is 14.4 Å². The van der Waals surface area contributed by atoms with Crippen LogP contribution in [0.4, 0.5) is 4.79 Å². The zero-order chi connectivity index (χ0) is 41.1. The maximum absolute atomic E-state index is 14.9. The van der Waals surface area contributed by atoms with Gasteiger partial charge in [0.25, 0.3) is 0 Å². The number of rotatable bonds is 9. The lowest BCUT2D eigenvalue weighted by Gasteiger charge is -2.67. The van der Waals surface area contributed by atoms with Gasteiger partial charge in [0.2, 0.25) is 0 Å². The topological polar surface area (TPSA) is 224 Å². The molecule has 11 atom stereocenters. The lowest BCUT2D eigenvalue weighted by molar-refractivity contribution is -0.346. The summed E-state index contributed by atoms with van der Waals surface area (Å²) in [6.45, 7) is 13.8. The number of fused-ring (bicyclic) bond motifs is 5. The van der Waals surface area contributed by atoms with Crippen molar-refractivity contribution >= 4 is 29.8 Å². The molecule has 4 aliphatic rings. The average molecular weight is 774 g/mol. The van der Waals surface area contributed by atoms with Gasteiger partial charge in [-0.05, 0) is 49.0 Å². The Kier molecular flexibility index (Phi) is 11.4. The van der Waals surface area contributed by atoms with E-state index in [1.807, 2.05) is 0 Å². The van der Waals surface area contributed by atoms with Crippen LogP contribution in [0.25, 0.3) is 0 Å². The fourth-order valence-corrected chi connectivity index (χ4v) is 9.25. The maximum Gasteiger partial charge on any atom is 0.407 e. The smallest absolute Gasteiger partial charge is 0.407 e. The predicted molar refractivity (Wildman–Crippen MR) is 193 cm³/mol. The van der Waals surface area contributed by atoms with Gasteiger partial charge in [0.15, 0.2) is 17.5 Å². The van der Waals surface area contributed by atoms with Crippen LogP contribution in [0.2, 0.25) is 0 Å². The molecule has 1 aliphatic heterocycles. The minimum Gasteiger partial charge on any atom is -0.456 e. The number of esters is 3. The summed E-state index contributed by atoms with van der Waals surface area (Å²) in [6, 6.07) is 6.66. The number of hydrogen-bond donors (Lipinski definition) is 5. The molecule has 3 fully saturated rings. The van der Waals surface area contributed by atoms with E-state index in [-0.39, 0.29) is 36.3 Å². The van der Waals surface area contributed by atoms with Crippen LogP contribution in [0.3, 0.4) is 0 Å². The van der Waals surface area contributed by atoms with Gasteiger partial charge in [0.1, 0.15) is 30.0 Å². The van der Waals surface area contributed by atoms with E-state index < -0.39 is 112 Å². The van der Waals surface area contributed by atoms with Crippen LogP contribution in [-0.2, 0) is 38.1 Å². The molecule has 15 nitrogen and oxygen atoms in total. The Morgan fingerprint density at radius 3 is 2.24 bits per heavy atom. The summed E-state index contributed by atoms with van der Waals surface area (Å²) in [5.74, 6) is -5.27. The summed E-state index contributed by atoms with van der Waals surface area (Å²) < 4.78 is 29.1. The molecule has 1 heterocycles. The fraction of sp³-hybridized carbons (Fsp3) is 0.675. The standard InChI is InChI=1S/C40H55NO14/c1-10-16-51-35(49)41-30(36(4,5)6)28(45)34(48)53-23-18-40(50)32(54-33(47)22-14-12-11-13-15-22)29-38(9,31(46)27(44)26(20(23)2)37(40,7)8)24(43)17-25-39(29,19-52-25)55-21(3)42/h11-15,23-25,27-30,32,43-45,50H,10,16-19H2,1-9H3,(H,41,49)/t23-,24-,25?,27+,28+,29-,30+,32-,38+,39-,40+/m0/s1. The first-order chi connectivity index (χ1) is 25.5. The molecule has 1 aromatic carbocycles. The molecule has 5 rings (SSSR count). The average Bonchev–Trinajstić information content (AvgIpc) is 3.10. The van der Waals surface area contributed by atoms with E-state index in [1.165, 1.54) is 26.0 Å². The van der Waals surface area contributed by atoms with Gasteiger partial charge in [-0.2, -0.15) is 0 Å².